The highest BCUT2D eigenvalue weighted by atomic mass is 32.2. The van der Waals surface area contributed by atoms with Gasteiger partial charge in [-0.15, -0.1) is 11.8 Å². The van der Waals surface area contributed by atoms with Crippen LogP contribution >= 0.6 is 11.8 Å². The summed E-state index contributed by atoms with van der Waals surface area (Å²) in [5.41, 5.74) is -1.35. The summed E-state index contributed by atoms with van der Waals surface area (Å²) in [7, 11) is 1.60. The molecule has 2 heterocycles. The third-order valence-electron chi connectivity index (χ3n) is 4.91. The molecule has 2 fully saturated rings. The molecule has 0 bridgehead atoms. The highest BCUT2D eigenvalue weighted by Crippen LogP contribution is 2.48. The molecular formula is C16H24N2O6S. The van der Waals surface area contributed by atoms with Crippen LogP contribution < -0.4 is 0 Å². The number of thioether (sulfide) groups is 1. The van der Waals surface area contributed by atoms with Gasteiger partial charge in [-0.05, 0) is 0 Å². The molecule has 4 atom stereocenters. The second kappa shape index (κ2) is 6.86. The van der Waals surface area contributed by atoms with Gasteiger partial charge in [0, 0.05) is 31.7 Å². The maximum atomic E-state index is 12.5. The maximum absolute atomic E-state index is 12.5. The van der Waals surface area contributed by atoms with Crippen molar-refractivity contribution < 1.29 is 29.0 Å². The summed E-state index contributed by atoms with van der Waals surface area (Å²) in [5, 5.41) is 9.05. The van der Waals surface area contributed by atoms with Gasteiger partial charge in [-0.1, -0.05) is 20.8 Å². The molecule has 0 aromatic carbocycles. The van der Waals surface area contributed by atoms with Gasteiger partial charge >= 0.3 is 11.9 Å². The highest BCUT2D eigenvalue weighted by Gasteiger charge is 2.62. The van der Waals surface area contributed by atoms with Gasteiger partial charge in [0.15, 0.2) is 0 Å². The van der Waals surface area contributed by atoms with Crippen LogP contribution in [0, 0.1) is 11.3 Å². The van der Waals surface area contributed by atoms with E-state index in [0.717, 1.165) is 0 Å². The number of hydrogen-bond acceptors (Lipinski definition) is 6. The summed E-state index contributed by atoms with van der Waals surface area (Å²) >= 11 is 1.33. The van der Waals surface area contributed by atoms with E-state index in [2.05, 4.69) is 0 Å². The monoisotopic (exact) mass is 372 g/mol. The van der Waals surface area contributed by atoms with E-state index in [4.69, 9.17) is 4.74 Å². The van der Waals surface area contributed by atoms with Gasteiger partial charge in [-0.2, -0.15) is 0 Å². The van der Waals surface area contributed by atoms with Crippen molar-refractivity contribution in [3.05, 3.63) is 0 Å². The van der Waals surface area contributed by atoms with Crippen molar-refractivity contribution in [1.29, 1.82) is 0 Å². The molecule has 140 valence electrons. The van der Waals surface area contributed by atoms with E-state index in [1.165, 1.54) is 28.5 Å². The predicted molar refractivity (Wildman–Crippen MR) is 90.7 cm³/mol. The van der Waals surface area contributed by atoms with E-state index in [1.807, 2.05) is 0 Å². The number of carboxylic acid groups (broad SMARTS) is 1. The fraction of sp³-hybridized carbons (Fsp3) is 0.750. The topological polar surface area (TPSA) is 104 Å². The lowest BCUT2D eigenvalue weighted by Crippen LogP contribution is -2.75. The number of fused-ring (bicyclic) bond motifs is 1. The number of amides is 2. The van der Waals surface area contributed by atoms with Crippen LogP contribution in [0.1, 0.15) is 27.7 Å². The molecule has 0 aliphatic carbocycles. The molecular weight excluding hydrogens is 348 g/mol. The smallest absolute Gasteiger partial charge is 0.316 e. The fourth-order valence-electron chi connectivity index (χ4n) is 3.19. The number of carbonyl (C=O) groups excluding carboxylic acids is 3. The second-order valence-corrected chi connectivity index (χ2v) is 8.39. The van der Waals surface area contributed by atoms with E-state index >= 15 is 0 Å². The first-order valence-electron chi connectivity index (χ1n) is 8.12. The number of rotatable bonds is 5. The number of ether oxygens (including phenoxy) is 1. The lowest BCUT2D eigenvalue weighted by atomic mass is 9.82. The summed E-state index contributed by atoms with van der Waals surface area (Å²) < 4.78 is 4.97. The molecule has 0 radical (unpaired) electrons. The van der Waals surface area contributed by atoms with Gasteiger partial charge in [0.05, 0.1) is 0 Å². The first-order chi connectivity index (χ1) is 11.5. The Hall–Kier alpha value is -1.77. The van der Waals surface area contributed by atoms with Gasteiger partial charge in [0.25, 0.3) is 0 Å². The van der Waals surface area contributed by atoms with Crippen LogP contribution in [-0.4, -0.2) is 75.5 Å². The number of likely N-dealkylation sites (N-methyl/N-ethyl adjacent to an activating group) is 1. The molecule has 2 amide bonds. The Morgan fingerprint density at radius 3 is 2.52 bits per heavy atom. The van der Waals surface area contributed by atoms with Crippen molar-refractivity contribution >= 4 is 35.5 Å². The molecule has 0 aromatic rings. The minimum atomic E-state index is -1.35. The zero-order valence-corrected chi connectivity index (χ0v) is 15.8. The number of β-lactam (4-membered cyclic amide) rings is 1. The fourth-order valence-corrected chi connectivity index (χ4v) is 4.89. The minimum absolute atomic E-state index is 0.0342. The van der Waals surface area contributed by atoms with Crippen molar-refractivity contribution in [3.8, 4) is 0 Å². The van der Waals surface area contributed by atoms with Crippen molar-refractivity contribution in [1.82, 2.24) is 9.80 Å². The molecule has 0 spiro atoms. The molecule has 1 N–H and O–H groups in total. The normalized spacial score (nSPS) is 31.2. The van der Waals surface area contributed by atoms with Gasteiger partial charge in [0.2, 0.25) is 11.8 Å². The summed E-state index contributed by atoms with van der Waals surface area (Å²) in [5.74, 6) is -2.28. The average molecular weight is 372 g/mol. The number of hydrogen-bond donors (Lipinski definition) is 1. The van der Waals surface area contributed by atoms with E-state index < -0.39 is 23.4 Å². The van der Waals surface area contributed by atoms with Gasteiger partial charge in [-0.25, -0.2) is 0 Å². The van der Waals surface area contributed by atoms with Crippen LogP contribution in [0.25, 0.3) is 0 Å². The van der Waals surface area contributed by atoms with Crippen LogP contribution in [-0.2, 0) is 23.9 Å². The second-order valence-electron chi connectivity index (χ2n) is 6.93. The lowest BCUT2D eigenvalue weighted by molar-refractivity contribution is -0.171. The van der Waals surface area contributed by atoms with Crippen molar-refractivity contribution in [2.24, 2.45) is 11.3 Å². The van der Waals surface area contributed by atoms with Crippen LogP contribution in [0.3, 0.4) is 0 Å². The third-order valence-corrected chi connectivity index (χ3v) is 6.56. The standard InChI is InChI=1S/C16H24N2O6S/c1-8(2)12(20)17(5)11-13(21)18-6-16(15(22)23,7-24-10(4)19)9(3)25-14(11)18/h8-9,11,14H,6-7H2,1-5H3,(H,22,23)/t9?,11?,14-,16?/m1/s1. The van der Waals surface area contributed by atoms with Crippen molar-refractivity contribution in [3.63, 3.8) is 0 Å². The molecule has 8 nitrogen and oxygen atoms in total. The van der Waals surface area contributed by atoms with E-state index in [9.17, 15) is 24.3 Å². The Balaban J connectivity index is 2.20. The van der Waals surface area contributed by atoms with Gasteiger partial charge < -0.3 is 19.6 Å². The molecule has 2 aliphatic heterocycles. The van der Waals surface area contributed by atoms with E-state index in [1.54, 1.807) is 27.8 Å². The first kappa shape index (κ1) is 19.6. The van der Waals surface area contributed by atoms with Crippen LogP contribution in [0.5, 0.6) is 0 Å². The zero-order valence-electron chi connectivity index (χ0n) is 15.0. The molecule has 9 heteroatoms. The quantitative estimate of drug-likeness (QED) is 0.550. The van der Waals surface area contributed by atoms with Crippen molar-refractivity contribution in [2.45, 2.75) is 44.4 Å². The molecule has 2 rings (SSSR count). The van der Waals surface area contributed by atoms with E-state index in [-0.39, 0.29) is 41.5 Å². The minimum Gasteiger partial charge on any atom is -0.481 e. The number of esters is 1. The number of carboxylic acids is 1. The average Bonchev–Trinajstić information content (AvgIpc) is 2.52. The molecule has 0 aromatic heterocycles. The number of carbonyl (C=O) groups is 4. The molecule has 2 aliphatic rings. The Labute approximate surface area is 150 Å². The maximum Gasteiger partial charge on any atom is 0.316 e. The highest BCUT2D eigenvalue weighted by molar-refractivity contribution is 8.00. The molecule has 3 unspecified atom stereocenters. The Morgan fingerprint density at radius 2 is 2.04 bits per heavy atom. The van der Waals surface area contributed by atoms with Crippen molar-refractivity contribution in [2.75, 3.05) is 20.2 Å². The largest absolute Gasteiger partial charge is 0.481 e. The third kappa shape index (κ3) is 3.21. The number of aliphatic carboxylic acids is 1. The van der Waals surface area contributed by atoms with E-state index in [0.29, 0.717) is 0 Å². The van der Waals surface area contributed by atoms with Gasteiger partial charge in [-0.3, -0.25) is 19.2 Å². The Morgan fingerprint density at radius 1 is 1.44 bits per heavy atom. The van der Waals surface area contributed by atoms with Gasteiger partial charge in [0.1, 0.15) is 23.4 Å². The lowest BCUT2D eigenvalue weighted by Gasteiger charge is -2.57. The Bertz CT molecular complexity index is 609. The Kier molecular flexibility index (Phi) is 5.36. The molecule has 25 heavy (non-hydrogen) atoms. The summed E-state index contributed by atoms with van der Waals surface area (Å²) in [6.45, 7) is 6.19. The predicted octanol–water partition coefficient (Wildman–Crippen LogP) is 0.407. The first-order valence-corrected chi connectivity index (χ1v) is 9.06. The van der Waals surface area contributed by atoms with Crippen LogP contribution in [0.2, 0.25) is 0 Å². The zero-order chi connectivity index (χ0) is 19.1. The van der Waals surface area contributed by atoms with Crippen LogP contribution in [0.15, 0.2) is 0 Å². The molecule has 0 saturated carbocycles. The van der Waals surface area contributed by atoms with Crippen LogP contribution in [0.4, 0.5) is 0 Å². The summed E-state index contributed by atoms with van der Waals surface area (Å²) in [4.78, 5) is 50.6. The summed E-state index contributed by atoms with van der Waals surface area (Å²) in [6.07, 6.45) is 0. The SMILES string of the molecule is CC(=O)OCC1(C(=O)O)CN2C(=O)C(N(C)C(=O)C(C)C)[C@H]2SC1C. The summed E-state index contributed by atoms with van der Waals surface area (Å²) in [6, 6.07) is -0.581. The number of nitrogens with zero attached hydrogens (tertiary/aromatic N) is 2. The molecule has 2 saturated heterocycles.